The molecule has 4 rings (SSSR count). The Labute approximate surface area is 212 Å². The van der Waals surface area contributed by atoms with Crippen LogP contribution in [0, 0.1) is 13.8 Å². The van der Waals surface area contributed by atoms with Crippen molar-refractivity contribution < 1.29 is 4.79 Å². The number of aryl methyl sites for hydroxylation is 2. The van der Waals surface area contributed by atoms with Crippen molar-refractivity contribution in [3.8, 4) is 16.9 Å². The maximum atomic E-state index is 12.9. The highest BCUT2D eigenvalue weighted by molar-refractivity contribution is 14.1. The normalized spacial score (nSPS) is 11.4. The van der Waals surface area contributed by atoms with Crippen molar-refractivity contribution in [1.82, 2.24) is 24.5 Å². The van der Waals surface area contributed by atoms with Gasteiger partial charge in [0, 0.05) is 58.3 Å². The van der Waals surface area contributed by atoms with E-state index in [0.29, 0.717) is 11.3 Å². The fraction of sp³-hybridized carbons (Fsp3) is 0.240. The predicted molar refractivity (Wildman–Crippen MR) is 143 cm³/mol. The minimum atomic E-state index is -0.205. The van der Waals surface area contributed by atoms with Gasteiger partial charge in [-0.1, -0.05) is 20.8 Å². The Morgan fingerprint density at radius 1 is 1.00 bits per heavy atom. The van der Waals surface area contributed by atoms with Crippen LogP contribution in [-0.2, 0) is 5.41 Å². The van der Waals surface area contributed by atoms with Gasteiger partial charge in [-0.3, -0.25) is 19.3 Å². The lowest BCUT2D eigenvalue weighted by molar-refractivity contribution is 0.102. The molecule has 8 nitrogen and oxygen atoms in total. The lowest BCUT2D eigenvalue weighted by atomic mass is 9.91. The van der Waals surface area contributed by atoms with E-state index in [1.54, 1.807) is 30.9 Å². The van der Waals surface area contributed by atoms with Crippen LogP contribution in [0.1, 0.15) is 48.3 Å². The van der Waals surface area contributed by atoms with Gasteiger partial charge in [0.2, 0.25) is 0 Å². The average molecular weight is 567 g/mol. The molecule has 4 aromatic heterocycles. The van der Waals surface area contributed by atoms with E-state index < -0.39 is 0 Å². The number of nitrogens with zero attached hydrogens (tertiary/aromatic N) is 5. The summed E-state index contributed by atoms with van der Waals surface area (Å²) >= 11 is 2.10. The quantitative estimate of drug-likeness (QED) is 0.239. The number of halogens is 1. The van der Waals surface area contributed by atoms with Crippen molar-refractivity contribution in [1.29, 1.82) is 0 Å². The first kappa shape index (κ1) is 23.8. The summed E-state index contributed by atoms with van der Waals surface area (Å²) < 4.78 is 5.11. The van der Waals surface area contributed by atoms with Crippen LogP contribution in [0.25, 0.3) is 16.9 Å². The van der Waals surface area contributed by atoms with Crippen molar-refractivity contribution in [3.63, 3.8) is 0 Å². The molecule has 2 N–H and O–H groups in total. The summed E-state index contributed by atoms with van der Waals surface area (Å²) in [6.07, 6.45) is 8.76. The zero-order valence-electron chi connectivity index (χ0n) is 19.7. The summed E-state index contributed by atoms with van der Waals surface area (Å²) in [6, 6.07) is 7.48. The number of pyridine rings is 3. The van der Waals surface area contributed by atoms with Crippen LogP contribution in [0.4, 0.5) is 11.4 Å². The van der Waals surface area contributed by atoms with Crippen LogP contribution in [0.2, 0.25) is 0 Å². The van der Waals surface area contributed by atoms with Gasteiger partial charge in [-0.2, -0.15) is 0 Å². The molecule has 9 heteroatoms. The van der Waals surface area contributed by atoms with Crippen LogP contribution < -0.4 is 8.85 Å². The molecule has 34 heavy (non-hydrogen) atoms. The first-order valence-corrected chi connectivity index (χ1v) is 11.9. The number of aromatic nitrogens is 5. The summed E-state index contributed by atoms with van der Waals surface area (Å²) in [6.45, 7) is 10.1. The fourth-order valence-electron chi connectivity index (χ4n) is 3.55. The first-order chi connectivity index (χ1) is 16.2. The molecule has 0 fully saturated rings. The number of hydrogen-bond acceptors (Lipinski definition) is 6. The largest absolute Gasteiger partial charge is 0.325 e. The van der Waals surface area contributed by atoms with Crippen molar-refractivity contribution in [2.75, 3.05) is 8.85 Å². The minimum Gasteiger partial charge on any atom is -0.325 e. The third kappa shape index (κ3) is 4.93. The number of amides is 1. The molecule has 0 spiro atoms. The number of carbonyl (C=O) groups is 1. The van der Waals surface area contributed by atoms with Gasteiger partial charge in [0.15, 0.2) is 5.82 Å². The number of carbonyl (C=O) groups excluding carboxylic acids is 1. The van der Waals surface area contributed by atoms with E-state index in [4.69, 9.17) is 0 Å². The van der Waals surface area contributed by atoms with Gasteiger partial charge >= 0.3 is 0 Å². The van der Waals surface area contributed by atoms with Crippen LogP contribution in [0.3, 0.4) is 0 Å². The molecular weight excluding hydrogens is 541 g/mol. The number of rotatable bonds is 5. The third-order valence-corrected chi connectivity index (χ3v) is 6.05. The third-order valence-electron chi connectivity index (χ3n) is 5.47. The Kier molecular flexibility index (Phi) is 6.65. The summed E-state index contributed by atoms with van der Waals surface area (Å²) in [5.41, 5.74) is 5.34. The van der Waals surface area contributed by atoms with E-state index in [9.17, 15) is 4.79 Å². The molecule has 0 aliphatic heterocycles. The Morgan fingerprint density at radius 3 is 2.47 bits per heavy atom. The zero-order valence-corrected chi connectivity index (χ0v) is 21.9. The maximum Gasteiger partial charge on any atom is 0.255 e. The lowest BCUT2D eigenvalue weighted by Gasteiger charge is -2.18. The monoisotopic (exact) mass is 567 g/mol. The predicted octanol–water partition coefficient (Wildman–Crippen LogP) is 5.65. The Hall–Kier alpha value is -3.34. The number of nitrogens with one attached hydrogen (secondary N) is 2. The van der Waals surface area contributed by atoms with E-state index in [1.807, 2.05) is 42.8 Å². The topological polar surface area (TPSA) is 97.6 Å². The Bertz CT molecular complexity index is 1360. The van der Waals surface area contributed by atoms with Crippen molar-refractivity contribution in [2.24, 2.45) is 0 Å². The zero-order chi connectivity index (χ0) is 24.5. The first-order valence-electron chi connectivity index (χ1n) is 10.8. The molecule has 174 valence electrons. The molecule has 4 aromatic rings. The van der Waals surface area contributed by atoms with Crippen LogP contribution in [0.5, 0.6) is 0 Å². The molecular formula is C25H26IN7O. The van der Waals surface area contributed by atoms with Gasteiger partial charge in [-0.15, -0.1) is 0 Å². The van der Waals surface area contributed by atoms with Gasteiger partial charge in [0.25, 0.3) is 5.91 Å². The van der Waals surface area contributed by atoms with Crippen molar-refractivity contribution >= 4 is 40.1 Å². The van der Waals surface area contributed by atoms with Gasteiger partial charge in [0.05, 0.1) is 40.4 Å². The van der Waals surface area contributed by atoms with E-state index >= 15 is 0 Å². The molecule has 0 aromatic carbocycles. The van der Waals surface area contributed by atoms with Gasteiger partial charge < -0.3 is 8.85 Å². The minimum absolute atomic E-state index is 0.145. The highest BCUT2D eigenvalue weighted by Gasteiger charge is 2.18. The molecule has 0 unspecified atom stereocenters. The molecule has 0 bridgehead atoms. The van der Waals surface area contributed by atoms with Gasteiger partial charge in [0.1, 0.15) is 5.82 Å². The second kappa shape index (κ2) is 9.49. The van der Waals surface area contributed by atoms with Gasteiger partial charge in [-0.25, -0.2) is 9.97 Å². The maximum absolute atomic E-state index is 12.9. The molecule has 0 saturated heterocycles. The molecule has 0 atom stereocenters. The molecule has 0 aliphatic rings. The molecule has 0 saturated carbocycles. The molecule has 0 aliphatic carbocycles. The van der Waals surface area contributed by atoms with E-state index in [-0.39, 0.29) is 11.3 Å². The summed E-state index contributed by atoms with van der Waals surface area (Å²) in [4.78, 5) is 30.8. The van der Waals surface area contributed by atoms with E-state index in [2.05, 4.69) is 72.4 Å². The van der Waals surface area contributed by atoms with Crippen LogP contribution in [-0.4, -0.2) is 30.4 Å². The highest BCUT2D eigenvalue weighted by Crippen LogP contribution is 2.30. The summed E-state index contributed by atoms with van der Waals surface area (Å²) in [5, 5.41) is 2.96. The molecule has 0 radical (unpaired) electrons. The summed E-state index contributed by atoms with van der Waals surface area (Å²) in [5.74, 6) is 1.40. The second-order valence-corrected chi connectivity index (χ2v) is 9.56. The van der Waals surface area contributed by atoms with E-state index in [0.717, 1.165) is 39.8 Å². The molecule has 4 heterocycles. The fourth-order valence-corrected chi connectivity index (χ4v) is 3.94. The number of anilines is 2. The standard InChI is InChI=1S/C25H26IN7O/c1-15-20(18-10-21(32-26)23(30-13-18)33-9-8-27-16(33)2)12-19(14-29-15)31-24(34)17-6-7-28-22(11-17)25(3,4)5/h6-14,32H,1-5H3,(H,31,34). The van der Waals surface area contributed by atoms with Crippen LogP contribution in [0.15, 0.2) is 55.2 Å². The second-order valence-electron chi connectivity index (χ2n) is 9.02. The Balaban J connectivity index is 1.64. The Morgan fingerprint density at radius 2 is 1.79 bits per heavy atom. The lowest BCUT2D eigenvalue weighted by Crippen LogP contribution is -2.17. The number of hydrogen-bond donors (Lipinski definition) is 2. The summed E-state index contributed by atoms with van der Waals surface area (Å²) in [7, 11) is 0. The van der Waals surface area contributed by atoms with Crippen molar-refractivity contribution in [3.05, 3.63) is 78.0 Å². The van der Waals surface area contributed by atoms with E-state index in [1.165, 1.54) is 0 Å². The van der Waals surface area contributed by atoms with Gasteiger partial charge in [-0.05, 0) is 38.1 Å². The highest BCUT2D eigenvalue weighted by atomic mass is 127. The average Bonchev–Trinajstić information content (AvgIpc) is 3.25. The molecule has 1 amide bonds. The number of imidazole rings is 1. The SMILES string of the molecule is Cc1ncc(NC(=O)c2ccnc(C(C)(C)C)c2)cc1-c1cnc(-n2ccnc2C)c(NI)c1. The van der Waals surface area contributed by atoms with Crippen molar-refractivity contribution in [2.45, 2.75) is 40.0 Å². The smallest absolute Gasteiger partial charge is 0.255 e. The van der Waals surface area contributed by atoms with Crippen LogP contribution >= 0.6 is 22.9 Å².